The molecule has 0 saturated carbocycles. The van der Waals surface area contributed by atoms with Gasteiger partial charge in [-0.2, -0.15) is 0 Å². The van der Waals surface area contributed by atoms with Gasteiger partial charge in [0, 0.05) is 6.54 Å². The number of amides is 1. The summed E-state index contributed by atoms with van der Waals surface area (Å²) in [5.41, 5.74) is 4.02. The minimum atomic E-state index is 0.752. The Morgan fingerprint density at radius 3 is 2.79 bits per heavy atom. The number of aryl methyl sites for hydroxylation is 3. The van der Waals surface area contributed by atoms with Crippen LogP contribution in [-0.2, 0) is 11.2 Å². The summed E-state index contributed by atoms with van der Waals surface area (Å²) < 4.78 is 0. The van der Waals surface area contributed by atoms with Crippen molar-refractivity contribution < 1.29 is 4.79 Å². The van der Waals surface area contributed by atoms with Crippen molar-refractivity contribution >= 4 is 6.41 Å². The molecule has 0 bridgehead atoms. The standard InChI is InChI=1S/C12H17NO/c1-10-5-6-12(11(2)8-10)4-3-7-13-9-14/h5-6,8-9H,3-4,7H2,1-2H3,(H,13,14). The van der Waals surface area contributed by atoms with Crippen LogP contribution in [0.5, 0.6) is 0 Å². The van der Waals surface area contributed by atoms with E-state index < -0.39 is 0 Å². The molecule has 1 aromatic carbocycles. The first-order chi connectivity index (χ1) is 6.74. The second kappa shape index (κ2) is 5.43. The van der Waals surface area contributed by atoms with E-state index >= 15 is 0 Å². The Bertz CT molecular complexity index is 307. The highest BCUT2D eigenvalue weighted by atomic mass is 16.1. The molecule has 2 nitrogen and oxygen atoms in total. The Morgan fingerprint density at radius 2 is 2.14 bits per heavy atom. The topological polar surface area (TPSA) is 29.1 Å². The maximum Gasteiger partial charge on any atom is 0.207 e. The molecule has 0 aliphatic carbocycles. The fraction of sp³-hybridized carbons (Fsp3) is 0.417. The van der Waals surface area contributed by atoms with Crippen molar-refractivity contribution in [3.8, 4) is 0 Å². The average Bonchev–Trinajstić information content (AvgIpc) is 2.15. The third-order valence-corrected chi connectivity index (χ3v) is 2.35. The van der Waals surface area contributed by atoms with Gasteiger partial charge in [-0.05, 0) is 37.8 Å². The Hall–Kier alpha value is -1.31. The van der Waals surface area contributed by atoms with Gasteiger partial charge in [-0.25, -0.2) is 0 Å². The molecule has 0 saturated heterocycles. The van der Waals surface area contributed by atoms with Crippen molar-refractivity contribution in [2.75, 3.05) is 6.54 Å². The molecule has 0 heterocycles. The third-order valence-electron chi connectivity index (χ3n) is 2.35. The van der Waals surface area contributed by atoms with Crippen LogP contribution < -0.4 is 5.32 Å². The summed E-state index contributed by atoms with van der Waals surface area (Å²) in [5, 5.41) is 2.67. The van der Waals surface area contributed by atoms with Crippen molar-refractivity contribution in [2.24, 2.45) is 0 Å². The van der Waals surface area contributed by atoms with E-state index in [0.29, 0.717) is 0 Å². The molecule has 0 unspecified atom stereocenters. The average molecular weight is 191 g/mol. The second-order valence-electron chi connectivity index (χ2n) is 3.61. The Kier molecular flexibility index (Phi) is 4.17. The predicted molar refractivity (Wildman–Crippen MR) is 58.3 cm³/mol. The van der Waals surface area contributed by atoms with Crippen molar-refractivity contribution in [1.82, 2.24) is 5.32 Å². The van der Waals surface area contributed by atoms with Gasteiger partial charge in [-0.1, -0.05) is 23.8 Å². The van der Waals surface area contributed by atoms with Crippen LogP contribution in [0, 0.1) is 13.8 Å². The summed E-state index contributed by atoms with van der Waals surface area (Å²) in [6.07, 6.45) is 2.79. The summed E-state index contributed by atoms with van der Waals surface area (Å²) in [6.45, 7) is 5.00. The van der Waals surface area contributed by atoms with Gasteiger partial charge < -0.3 is 5.32 Å². The van der Waals surface area contributed by atoms with E-state index in [2.05, 4.69) is 37.4 Å². The lowest BCUT2D eigenvalue weighted by molar-refractivity contribution is -0.109. The maximum atomic E-state index is 10.0. The molecule has 1 rings (SSSR count). The number of hydrogen-bond acceptors (Lipinski definition) is 1. The molecule has 14 heavy (non-hydrogen) atoms. The van der Waals surface area contributed by atoms with Crippen LogP contribution in [-0.4, -0.2) is 13.0 Å². The molecular weight excluding hydrogens is 174 g/mol. The summed E-state index contributed by atoms with van der Waals surface area (Å²) in [7, 11) is 0. The van der Waals surface area contributed by atoms with Crippen molar-refractivity contribution in [3.63, 3.8) is 0 Å². The molecule has 0 aliphatic rings. The number of rotatable bonds is 5. The lowest BCUT2D eigenvalue weighted by Crippen LogP contribution is -2.12. The van der Waals surface area contributed by atoms with E-state index in [9.17, 15) is 4.79 Å². The number of nitrogens with one attached hydrogen (secondary N) is 1. The molecule has 0 fully saturated rings. The molecule has 2 heteroatoms. The van der Waals surface area contributed by atoms with E-state index in [1.807, 2.05) is 0 Å². The molecule has 1 amide bonds. The first-order valence-corrected chi connectivity index (χ1v) is 4.97. The fourth-order valence-corrected chi connectivity index (χ4v) is 1.57. The first-order valence-electron chi connectivity index (χ1n) is 4.97. The molecule has 0 radical (unpaired) electrons. The molecule has 0 aromatic heterocycles. The van der Waals surface area contributed by atoms with Crippen LogP contribution in [0.3, 0.4) is 0 Å². The van der Waals surface area contributed by atoms with E-state index in [1.54, 1.807) is 0 Å². The molecule has 0 atom stereocenters. The van der Waals surface area contributed by atoms with Gasteiger partial charge in [-0.15, -0.1) is 0 Å². The molecule has 0 aliphatic heterocycles. The second-order valence-corrected chi connectivity index (χ2v) is 3.61. The number of benzene rings is 1. The minimum absolute atomic E-state index is 0.752. The van der Waals surface area contributed by atoms with Crippen LogP contribution in [0.1, 0.15) is 23.1 Å². The van der Waals surface area contributed by atoms with Gasteiger partial charge in [0.05, 0.1) is 0 Å². The van der Waals surface area contributed by atoms with Crippen LogP contribution >= 0.6 is 0 Å². The van der Waals surface area contributed by atoms with Crippen LogP contribution in [0.15, 0.2) is 18.2 Å². The summed E-state index contributed by atoms with van der Waals surface area (Å²) >= 11 is 0. The number of carbonyl (C=O) groups excluding carboxylic acids is 1. The van der Waals surface area contributed by atoms with Crippen molar-refractivity contribution in [3.05, 3.63) is 34.9 Å². The highest BCUT2D eigenvalue weighted by molar-refractivity contribution is 5.45. The van der Waals surface area contributed by atoms with Gasteiger partial charge in [0.15, 0.2) is 0 Å². The third kappa shape index (κ3) is 3.21. The normalized spacial score (nSPS) is 9.86. The van der Waals surface area contributed by atoms with Crippen LogP contribution in [0.4, 0.5) is 0 Å². The van der Waals surface area contributed by atoms with Crippen molar-refractivity contribution in [1.29, 1.82) is 0 Å². The summed E-state index contributed by atoms with van der Waals surface area (Å²) in [4.78, 5) is 10.0. The van der Waals surface area contributed by atoms with Gasteiger partial charge in [-0.3, -0.25) is 4.79 Å². The number of hydrogen-bond donors (Lipinski definition) is 1. The lowest BCUT2D eigenvalue weighted by Gasteiger charge is -2.06. The summed E-state index contributed by atoms with van der Waals surface area (Å²) in [5.74, 6) is 0. The van der Waals surface area contributed by atoms with Gasteiger partial charge in [0.25, 0.3) is 0 Å². The zero-order chi connectivity index (χ0) is 10.4. The first kappa shape index (κ1) is 10.8. The Labute approximate surface area is 85.3 Å². The van der Waals surface area contributed by atoms with Gasteiger partial charge >= 0.3 is 0 Å². The maximum absolute atomic E-state index is 10.0. The largest absolute Gasteiger partial charge is 0.359 e. The van der Waals surface area contributed by atoms with Gasteiger partial charge in [0.1, 0.15) is 0 Å². The zero-order valence-corrected chi connectivity index (χ0v) is 8.84. The van der Waals surface area contributed by atoms with E-state index in [-0.39, 0.29) is 0 Å². The Morgan fingerprint density at radius 1 is 1.36 bits per heavy atom. The quantitative estimate of drug-likeness (QED) is 0.559. The Balaban J connectivity index is 2.46. The van der Waals surface area contributed by atoms with E-state index in [0.717, 1.165) is 25.8 Å². The molecule has 0 spiro atoms. The molecular formula is C12H17NO. The molecule has 76 valence electrons. The fourth-order valence-electron chi connectivity index (χ4n) is 1.57. The highest BCUT2D eigenvalue weighted by Gasteiger charge is 1.97. The van der Waals surface area contributed by atoms with Crippen LogP contribution in [0.2, 0.25) is 0 Å². The SMILES string of the molecule is Cc1ccc(CCCNC=O)c(C)c1. The summed E-state index contributed by atoms with van der Waals surface area (Å²) in [6, 6.07) is 6.50. The van der Waals surface area contributed by atoms with E-state index in [4.69, 9.17) is 0 Å². The monoisotopic (exact) mass is 191 g/mol. The number of carbonyl (C=O) groups is 1. The smallest absolute Gasteiger partial charge is 0.207 e. The molecule has 1 aromatic rings. The minimum Gasteiger partial charge on any atom is -0.359 e. The highest BCUT2D eigenvalue weighted by Crippen LogP contribution is 2.11. The zero-order valence-electron chi connectivity index (χ0n) is 8.84. The van der Waals surface area contributed by atoms with Crippen molar-refractivity contribution in [2.45, 2.75) is 26.7 Å². The molecule has 1 N–H and O–H groups in total. The lowest BCUT2D eigenvalue weighted by atomic mass is 10.0. The predicted octanol–water partition coefficient (Wildman–Crippen LogP) is 1.98. The van der Waals surface area contributed by atoms with Crippen LogP contribution in [0.25, 0.3) is 0 Å². The van der Waals surface area contributed by atoms with Gasteiger partial charge in [0.2, 0.25) is 6.41 Å². The van der Waals surface area contributed by atoms with E-state index in [1.165, 1.54) is 16.7 Å².